The first-order chi connectivity index (χ1) is 8.22. The summed E-state index contributed by atoms with van der Waals surface area (Å²) in [4.78, 5) is 12.2. The first-order valence-electron chi connectivity index (χ1n) is 5.17. The van der Waals surface area contributed by atoms with Crippen LogP contribution in [-0.2, 0) is 0 Å². The molecule has 0 bridgehead atoms. The van der Waals surface area contributed by atoms with Crippen LogP contribution in [0.1, 0.15) is 5.56 Å². The molecule has 0 saturated heterocycles. The Morgan fingerprint density at radius 3 is 2.71 bits per heavy atom. The number of aromatic nitrogens is 3. The number of benzene rings is 1. The lowest BCUT2D eigenvalue weighted by Gasteiger charge is -1.93. The zero-order chi connectivity index (χ0) is 11.8. The molecule has 2 aromatic heterocycles. The lowest BCUT2D eigenvalue weighted by molar-refractivity contribution is 0.619. The predicted molar refractivity (Wildman–Crippen MR) is 64.2 cm³/mol. The zero-order valence-electron chi connectivity index (χ0n) is 9.21. The Morgan fingerprint density at radius 2 is 1.94 bits per heavy atom. The largest absolute Gasteiger partial charge is 0.436 e. The highest BCUT2D eigenvalue weighted by Gasteiger charge is 2.08. The number of nitrogens with two attached hydrogens (primary N) is 1. The third kappa shape index (κ3) is 1.71. The molecule has 0 aliphatic carbocycles. The fraction of sp³-hybridized carbons (Fsp3) is 0.0833. The van der Waals surface area contributed by atoms with Gasteiger partial charge in [-0.25, -0.2) is 15.0 Å². The summed E-state index contributed by atoms with van der Waals surface area (Å²) in [5, 5.41) is 0. The molecule has 0 unspecified atom stereocenters. The topological polar surface area (TPSA) is 77.8 Å². The fourth-order valence-electron chi connectivity index (χ4n) is 1.61. The van der Waals surface area contributed by atoms with E-state index in [1.54, 1.807) is 12.4 Å². The highest BCUT2D eigenvalue weighted by atomic mass is 16.3. The predicted octanol–water partition coefficient (Wildman–Crippen LogP) is 2.18. The summed E-state index contributed by atoms with van der Waals surface area (Å²) in [6.07, 6.45) is 3.19. The second-order valence-electron chi connectivity index (χ2n) is 3.82. The maximum absolute atomic E-state index is 5.62. The van der Waals surface area contributed by atoms with Crippen LogP contribution in [-0.4, -0.2) is 15.0 Å². The van der Waals surface area contributed by atoms with E-state index in [2.05, 4.69) is 15.0 Å². The van der Waals surface area contributed by atoms with E-state index in [1.165, 1.54) is 0 Å². The molecule has 0 aliphatic heterocycles. The van der Waals surface area contributed by atoms with Gasteiger partial charge in [0.15, 0.2) is 5.58 Å². The fourth-order valence-corrected chi connectivity index (χ4v) is 1.61. The van der Waals surface area contributed by atoms with Crippen LogP contribution in [0.3, 0.4) is 0 Å². The standard InChI is InChI=1S/C12H10N4O/c1-7-2-3-10-9(4-7)16-11(17-10)8-5-14-12(13)15-6-8/h2-6H,1H3,(H2,13,14,15). The van der Waals surface area contributed by atoms with Crippen LogP contribution in [0.2, 0.25) is 0 Å². The number of fused-ring (bicyclic) bond motifs is 1. The number of hydrogen-bond acceptors (Lipinski definition) is 5. The van der Waals surface area contributed by atoms with Crippen molar-refractivity contribution in [3.05, 3.63) is 36.2 Å². The van der Waals surface area contributed by atoms with Crippen molar-refractivity contribution >= 4 is 17.0 Å². The average molecular weight is 226 g/mol. The number of rotatable bonds is 1. The number of aryl methyl sites for hydroxylation is 1. The third-order valence-corrected chi connectivity index (χ3v) is 2.46. The Bertz CT molecular complexity index is 673. The highest BCUT2D eigenvalue weighted by molar-refractivity contribution is 5.76. The molecule has 5 heteroatoms. The van der Waals surface area contributed by atoms with E-state index in [9.17, 15) is 0 Å². The van der Waals surface area contributed by atoms with E-state index in [-0.39, 0.29) is 5.95 Å². The molecule has 3 aromatic rings. The number of oxazole rings is 1. The van der Waals surface area contributed by atoms with Crippen LogP contribution in [0.25, 0.3) is 22.6 Å². The van der Waals surface area contributed by atoms with Gasteiger partial charge >= 0.3 is 0 Å². The summed E-state index contributed by atoms with van der Waals surface area (Å²) in [5.41, 5.74) is 8.87. The maximum Gasteiger partial charge on any atom is 0.230 e. The molecule has 0 atom stereocenters. The minimum atomic E-state index is 0.237. The molecule has 0 radical (unpaired) electrons. The molecule has 1 aromatic carbocycles. The number of nitrogens with zero attached hydrogens (tertiary/aromatic N) is 3. The van der Waals surface area contributed by atoms with Crippen molar-refractivity contribution in [1.29, 1.82) is 0 Å². The Labute approximate surface area is 97.3 Å². The smallest absolute Gasteiger partial charge is 0.230 e. The molecule has 0 aliphatic rings. The van der Waals surface area contributed by atoms with E-state index in [0.717, 1.165) is 16.7 Å². The normalized spacial score (nSPS) is 10.9. The summed E-state index contributed by atoms with van der Waals surface area (Å²) >= 11 is 0. The van der Waals surface area contributed by atoms with Crippen molar-refractivity contribution in [2.45, 2.75) is 6.92 Å². The van der Waals surface area contributed by atoms with Crippen LogP contribution in [0.15, 0.2) is 35.0 Å². The van der Waals surface area contributed by atoms with Gasteiger partial charge in [-0.1, -0.05) is 6.07 Å². The Morgan fingerprint density at radius 1 is 1.18 bits per heavy atom. The van der Waals surface area contributed by atoms with E-state index < -0.39 is 0 Å². The second kappa shape index (κ2) is 3.55. The van der Waals surface area contributed by atoms with Gasteiger partial charge in [0.2, 0.25) is 11.8 Å². The molecule has 2 heterocycles. The Kier molecular flexibility index (Phi) is 2.04. The van der Waals surface area contributed by atoms with Crippen LogP contribution in [0.5, 0.6) is 0 Å². The van der Waals surface area contributed by atoms with Gasteiger partial charge in [0, 0.05) is 12.4 Å². The molecule has 0 spiro atoms. The Balaban J connectivity index is 2.14. The quantitative estimate of drug-likeness (QED) is 0.688. The van der Waals surface area contributed by atoms with Crippen LogP contribution in [0.4, 0.5) is 5.95 Å². The summed E-state index contributed by atoms with van der Waals surface area (Å²) in [7, 11) is 0. The van der Waals surface area contributed by atoms with Gasteiger partial charge in [-0.3, -0.25) is 0 Å². The van der Waals surface area contributed by atoms with E-state index >= 15 is 0 Å². The van der Waals surface area contributed by atoms with Gasteiger partial charge in [0.1, 0.15) is 5.52 Å². The summed E-state index contributed by atoms with van der Waals surface area (Å²) < 4.78 is 5.62. The molecule has 0 amide bonds. The molecule has 84 valence electrons. The van der Waals surface area contributed by atoms with Crippen molar-refractivity contribution in [1.82, 2.24) is 15.0 Å². The van der Waals surface area contributed by atoms with Gasteiger partial charge in [0.25, 0.3) is 0 Å². The van der Waals surface area contributed by atoms with Crippen molar-refractivity contribution in [3.63, 3.8) is 0 Å². The van der Waals surface area contributed by atoms with Crippen molar-refractivity contribution < 1.29 is 4.42 Å². The van der Waals surface area contributed by atoms with Crippen molar-refractivity contribution in [2.75, 3.05) is 5.73 Å². The van der Waals surface area contributed by atoms with Crippen molar-refractivity contribution in [2.24, 2.45) is 0 Å². The van der Waals surface area contributed by atoms with E-state index in [0.29, 0.717) is 11.5 Å². The first kappa shape index (κ1) is 9.77. The Hall–Kier alpha value is -2.43. The number of anilines is 1. The molecule has 3 rings (SSSR count). The lowest BCUT2D eigenvalue weighted by atomic mass is 10.2. The lowest BCUT2D eigenvalue weighted by Crippen LogP contribution is -1.93. The summed E-state index contributed by atoms with van der Waals surface area (Å²) in [5.74, 6) is 0.742. The molecule has 5 nitrogen and oxygen atoms in total. The molecular formula is C12H10N4O. The monoisotopic (exact) mass is 226 g/mol. The number of hydrogen-bond donors (Lipinski definition) is 1. The molecule has 0 saturated carbocycles. The molecular weight excluding hydrogens is 216 g/mol. The second-order valence-corrected chi connectivity index (χ2v) is 3.82. The third-order valence-electron chi connectivity index (χ3n) is 2.46. The highest BCUT2D eigenvalue weighted by Crippen LogP contribution is 2.23. The van der Waals surface area contributed by atoms with Crippen molar-refractivity contribution in [3.8, 4) is 11.5 Å². The van der Waals surface area contributed by atoms with Crippen LogP contribution < -0.4 is 5.73 Å². The summed E-state index contributed by atoms with van der Waals surface area (Å²) in [6.45, 7) is 2.01. The van der Waals surface area contributed by atoms with Crippen LogP contribution >= 0.6 is 0 Å². The van der Waals surface area contributed by atoms with Gasteiger partial charge in [-0.15, -0.1) is 0 Å². The molecule has 17 heavy (non-hydrogen) atoms. The first-order valence-corrected chi connectivity index (χ1v) is 5.17. The minimum Gasteiger partial charge on any atom is -0.436 e. The maximum atomic E-state index is 5.62. The van der Waals surface area contributed by atoms with Gasteiger partial charge < -0.3 is 10.2 Å². The average Bonchev–Trinajstić information content (AvgIpc) is 2.72. The van der Waals surface area contributed by atoms with Crippen LogP contribution in [0, 0.1) is 6.92 Å². The van der Waals surface area contributed by atoms with Gasteiger partial charge in [-0.05, 0) is 24.6 Å². The minimum absolute atomic E-state index is 0.237. The molecule has 0 fully saturated rings. The molecule has 2 N–H and O–H groups in total. The SMILES string of the molecule is Cc1ccc2oc(-c3cnc(N)nc3)nc2c1. The number of nitrogen functional groups attached to an aromatic ring is 1. The zero-order valence-corrected chi connectivity index (χ0v) is 9.21. The summed E-state index contributed by atoms with van der Waals surface area (Å²) in [6, 6.07) is 5.86. The van der Waals surface area contributed by atoms with Gasteiger partial charge in [0.05, 0.1) is 5.56 Å². The van der Waals surface area contributed by atoms with E-state index in [4.69, 9.17) is 10.2 Å². The van der Waals surface area contributed by atoms with Gasteiger partial charge in [-0.2, -0.15) is 0 Å². The van der Waals surface area contributed by atoms with E-state index in [1.807, 2.05) is 25.1 Å².